The Morgan fingerprint density at radius 2 is 2.17 bits per heavy atom. The van der Waals surface area contributed by atoms with Gasteiger partial charge in [-0.3, -0.25) is 0 Å². The van der Waals surface area contributed by atoms with Crippen molar-refractivity contribution in [1.29, 1.82) is 0 Å². The summed E-state index contributed by atoms with van der Waals surface area (Å²) in [4.78, 5) is 15.8. The minimum Gasteiger partial charge on any atom is -0.459 e. The number of pyridine rings is 1. The first-order valence-electron chi connectivity index (χ1n) is 7.30. The smallest absolute Gasteiger partial charge is 0.459 e. The molecule has 1 N–H and O–H groups in total. The fourth-order valence-electron chi connectivity index (χ4n) is 2.23. The van der Waals surface area contributed by atoms with Gasteiger partial charge in [0.15, 0.2) is 0 Å². The highest BCUT2D eigenvalue weighted by molar-refractivity contribution is 6.61. The molecule has 0 aliphatic carbocycles. The standard InChI is InChI=1S/C16H16BNO5/c1-10(2)22-16(19)11-3-6-15(18-8-11)23-13-4-5-14-12(7-13)9-21-17(14)20/h3-8,10,20H,9H2,1-2H3. The summed E-state index contributed by atoms with van der Waals surface area (Å²) < 4.78 is 15.9. The van der Waals surface area contributed by atoms with Crippen LogP contribution in [0.3, 0.4) is 0 Å². The molecule has 0 unspecified atom stereocenters. The fraction of sp³-hybridized carbons (Fsp3) is 0.250. The zero-order valence-electron chi connectivity index (χ0n) is 12.9. The molecule has 0 amide bonds. The van der Waals surface area contributed by atoms with Gasteiger partial charge < -0.3 is 19.2 Å². The molecule has 6 nitrogen and oxygen atoms in total. The summed E-state index contributed by atoms with van der Waals surface area (Å²) in [6.45, 7) is 3.93. The summed E-state index contributed by atoms with van der Waals surface area (Å²) in [5, 5.41) is 9.59. The summed E-state index contributed by atoms with van der Waals surface area (Å²) >= 11 is 0. The van der Waals surface area contributed by atoms with Crippen molar-refractivity contribution in [3.05, 3.63) is 47.7 Å². The summed E-state index contributed by atoms with van der Waals surface area (Å²) in [7, 11) is -0.872. The second-order valence-electron chi connectivity index (χ2n) is 5.47. The summed E-state index contributed by atoms with van der Waals surface area (Å²) in [5.74, 6) is 0.541. The summed E-state index contributed by atoms with van der Waals surface area (Å²) in [5.41, 5.74) is 2.00. The minimum absolute atomic E-state index is 0.178. The first-order chi connectivity index (χ1) is 11.0. The van der Waals surface area contributed by atoms with Gasteiger partial charge >= 0.3 is 13.1 Å². The van der Waals surface area contributed by atoms with Crippen LogP contribution in [-0.4, -0.2) is 29.2 Å². The van der Waals surface area contributed by atoms with E-state index in [1.165, 1.54) is 6.20 Å². The molecule has 1 aromatic heterocycles. The van der Waals surface area contributed by atoms with Gasteiger partial charge in [-0.05, 0) is 43.1 Å². The third-order valence-corrected chi connectivity index (χ3v) is 3.31. The predicted octanol–water partition coefficient (Wildman–Crippen LogP) is 1.66. The van der Waals surface area contributed by atoms with Crippen LogP contribution in [0.1, 0.15) is 29.8 Å². The molecule has 2 aromatic rings. The van der Waals surface area contributed by atoms with Gasteiger partial charge in [-0.25, -0.2) is 9.78 Å². The van der Waals surface area contributed by atoms with Crippen molar-refractivity contribution < 1.29 is 23.9 Å². The molecule has 0 spiro atoms. The van der Waals surface area contributed by atoms with Crippen LogP contribution in [-0.2, 0) is 16.0 Å². The molecule has 7 heteroatoms. The van der Waals surface area contributed by atoms with E-state index in [0.717, 1.165) is 11.0 Å². The largest absolute Gasteiger partial charge is 0.491 e. The third kappa shape index (κ3) is 3.52. The van der Waals surface area contributed by atoms with Crippen LogP contribution in [0.5, 0.6) is 11.6 Å². The maximum Gasteiger partial charge on any atom is 0.491 e. The number of nitrogens with zero attached hydrogens (tertiary/aromatic N) is 1. The molecule has 0 bridgehead atoms. The van der Waals surface area contributed by atoms with Crippen LogP contribution in [0.15, 0.2) is 36.5 Å². The Balaban J connectivity index is 1.70. The van der Waals surface area contributed by atoms with Gasteiger partial charge in [0.1, 0.15) is 5.75 Å². The van der Waals surface area contributed by atoms with Crippen LogP contribution in [0.2, 0.25) is 0 Å². The number of fused-ring (bicyclic) bond motifs is 1. The van der Waals surface area contributed by atoms with Crippen molar-refractivity contribution in [2.45, 2.75) is 26.6 Å². The molecule has 1 aliphatic heterocycles. The zero-order valence-corrected chi connectivity index (χ0v) is 12.9. The number of carbonyl (C=O) groups is 1. The topological polar surface area (TPSA) is 77.9 Å². The molecule has 118 valence electrons. The van der Waals surface area contributed by atoms with E-state index in [1.54, 1.807) is 44.2 Å². The van der Waals surface area contributed by atoms with Crippen molar-refractivity contribution >= 4 is 18.6 Å². The second kappa shape index (κ2) is 6.40. The SMILES string of the molecule is CC(C)OC(=O)c1ccc(Oc2ccc3c(c2)COB3O)nc1. The van der Waals surface area contributed by atoms with Crippen LogP contribution >= 0.6 is 0 Å². The van der Waals surface area contributed by atoms with Crippen LogP contribution in [0, 0.1) is 0 Å². The molecule has 1 aliphatic rings. The molecule has 3 rings (SSSR count). The maximum atomic E-state index is 11.7. The van der Waals surface area contributed by atoms with Gasteiger partial charge in [-0.2, -0.15) is 0 Å². The van der Waals surface area contributed by atoms with Crippen molar-refractivity contribution in [3.63, 3.8) is 0 Å². The van der Waals surface area contributed by atoms with E-state index in [2.05, 4.69) is 4.98 Å². The first kappa shape index (κ1) is 15.5. The quantitative estimate of drug-likeness (QED) is 0.683. The average Bonchev–Trinajstić information content (AvgIpc) is 2.88. The molecule has 0 fully saturated rings. The molecule has 2 heterocycles. The van der Waals surface area contributed by atoms with Crippen LogP contribution in [0.4, 0.5) is 0 Å². The van der Waals surface area contributed by atoms with Gasteiger partial charge in [0.2, 0.25) is 5.88 Å². The highest BCUT2D eigenvalue weighted by Crippen LogP contribution is 2.22. The number of hydrogen-bond acceptors (Lipinski definition) is 6. The lowest BCUT2D eigenvalue weighted by Gasteiger charge is -2.09. The molecular formula is C16H16BNO5. The summed E-state index contributed by atoms with van der Waals surface area (Å²) in [6, 6.07) is 8.51. The van der Waals surface area contributed by atoms with Crippen molar-refractivity contribution in [3.8, 4) is 11.6 Å². The normalized spacial score (nSPS) is 13.1. The van der Waals surface area contributed by atoms with E-state index in [4.69, 9.17) is 14.1 Å². The molecular weight excluding hydrogens is 297 g/mol. The molecule has 23 heavy (non-hydrogen) atoms. The van der Waals surface area contributed by atoms with Gasteiger partial charge in [-0.15, -0.1) is 0 Å². The number of aromatic nitrogens is 1. The van der Waals surface area contributed by atoms with Crippen molar-refractivity contribution in [2.75, 3.05) is 0 Å². The molecule has 0 radical (unpaired) electrons. The van der Waals surface area contributed by atoms with Gasteiger partial charge in [0.05, 0.1) is 18.3 Å². The highest BCUT2D eigenvalue weighted by Gasteiger charge is 2.27. The lowest BCUT2D eigenvalue weighted by Crippen LogP contribution is -2.27. The molecule has 0 saturated heterocycles. The Kier molecular flexibility index (Phi) is 4.32. The van der Waals surface area contributed by atoms with Gasteiger partial charge in [-0.1, -0.05) is 6.07 Å². The van der Waals surface area contributed by atoms with Crippen molar-refractivity contribution in [2.24, 2.45) is 0 Å². The Morgan fingerprint density at radius 1 is 1.35 bits per heavy atom. The third-order valence-electron chi connectivity index (χ3n) is 3.31. The maximum absolute atomic E-state index is 11.7. The molecule has 0 atom stereocenters. The average molecular weight is 313 g/mol. The number of rotatable bonds is 4. The lowest BCUT2D eigenvalue weighted by molar-refractivity contribution is 0.0377. The monoisotopic (exact) mass is 313 g/mol. The van der Waals surface area contributed by atoms with Gasteiger partial charge in [0, 0.05) is 12.3 Å². The molecule has 1 aromatic carbocycles. The minimum atomic E-state index is -0.872. The second-order valence-corrected chi connectivity index (χ2v) is 5.47. The van der Waals surface area contributed by atoms with Crippen LogP contribution < -0.4 is 10.2 Å². The van der Waals surface area contributed by atoms with E-state index in [-0.39, 0.29) is 6.10 Å². The van der Waals surface area contributed by atoms with Gasteiger partial charge in [0.25, 0.3) is 0 Å². The van der Waals surface area contributed by atoms with E-state index in [1.807, 2.05) is 0 Å². The predicted molar refractivity (Wildman–Crippen MR) is 83.7 cm³/mol. The fourth-order valence-corrected chi connectivity index (χ4v) is 2.23. The zero-order chi connectivity index (χ0) is 16.4. The van der Waals surface area contributed by atoms with E-state index in [0.29, 0.717) is 23.8 Å². The Hall–Kier alpha value is -2.38. The lowest BCUT2D eigenvalue weighted by atomic mass is 9.80. The van der Waals surface area contributed by atoms with Crippen molar-refractivity contribution in [1.82, 2.24) is 4.98 Å². The van der Waals surface area contributed by atoms with E-state index < -0.39 is 13.1 Å². The Morgan fingerprint density at radius 3 is 2.87 bits per heavy atom. The summed E-state index contributed by atoms with van der Waals surface area (Å²) in [6.07, 6.45) is 1.24. The Bertz CT molecular complexity index is 717. The Labute approximate surface area is 134 Å². The van der Waals surface area contributed by atoms with Crippen LogP contribution in [0.25, 0.3) is 0 Å². The molecule has 0 saturated carbocycles. The first-order valence-corrected chi connectivity index (χ1v) is 7.30. The van der Waals surface area contributed by atoms with E-state index in [9.17, 15) is 9.82 Å². The highest BCUT2D eigenvalue weighted by atomic mass is 16.5. The number of esters is 1. The number of carbonyl (C=O) groups excluding carboxylic acids is 1. The number of benzene rings is 1. The number of ether oxygens (including phenoxy) is 2. The number of hydrogen-bond donors (Lipinski definition) is 1. The van der Waals surface area contributed by atoms with E-state index >= 15 is 0 Å².